The molecule has 27 heavy (non-hydrogen) atoms. The number of carbonyl (C=O) groups excluding carboxylic acids is 1. The van der Waals surface area contributed by atoms with Gasteiger partial charge in [-0.2, -0.15) is 4.37 Å². The fourth-order valence-electron chi connectivity index (χ4n) is 2.75. The summed E-state index contributed by atoms with van der Waals surface area (Å²) >= 11 is 1.11. The smallest absolute Gasteiger partial charge is 0.273 e. The van der Waals surface area contributed by atoms with E-state index in [0.29, 0.717) is 21.6 Å². The van der Waals surface area contributed by atoms with Crippen molar-refractivity contribution < 1.29 is 4.79 Å². The molecule has 2 aromatic heterocycles. The van der Waals surface area contributed by atoms with Crippen LogP contribution in [0.4, 0.5) is 5.69 Å². The lowest BCUT2D eigenvalue weighted by molar-refractivity contribution is -0.116. The minimum absolute atomic E-state index is 0.103. The summed E-state index contributed by atoms with van der Waals surface area (Å²) in [6.45, 7) is 1.91. The number of fused-ring (bicyclic) bond motifs is 1. The quantitative estimate of drug-likeness (QED) is 0.592. The van der Waals surface area contributed by atoms with Gasteiger partial charge < -0.3 is 5.32 Å². The number of benzene rings is 2. The molecule has 0 aliphatic rings. The molecule has 0 aliphatic heterocycles. The van der Waals surface area contributed by atoms with Crippen LogP contribution in [0, 0.1) is 6.92 Å². The highest BCUT2D eigenvalue weighted by Gasteiger charge is 2.15. The maximum Gasteiger partial charge on any atom is 0.273 e. The summed E-state index contributed by atoms with van der Waals surface area (Å²) in [6.07, 6.45) is 1.40. The summed E-state index contributed by atoms with van der Waals surface area (Å²) < 4.78 is 6.16. The number of nitrogens with zero attached hydrogens (tertiary/aromatic N) is 3. The summed E-state index contributed by atoms with van der Waals surface area (Å²) in [7, 11) is 0. The van der Waals surface area contributed by atoms with E-state index >= 15 is 0 Å². The van der Waals surface area contributed by atoms with Crippen molar-refractivity contribution in [2.45, 2.75) is 13.5 Å². The highest BCUT2D eigenvalue weighted by molar-refractivity contribution is 7.13. The van der Waals surface area contributed by atoms with Crippen LogP contribution < -0.4 is 10.9 Å². The highest BCUT2D eigenvalue weighted by Crippen LogP contribution is 2.27. The number of carbonyl (C=O) groups is 1. The molecule has 1 amide bonds. The van der Waals surface area contributed by atoms with Crippen LogP contribution in [0.1, 0.15) is 5.56 Å². The zero-order chi connectivity index (χ0) is 18.8. The van der Waals surface area contributed by atoms with Crippen molar-refractivity contribution in [1.29, 1.82) is 0 Å². The fourth-order valence-corrected chi connectivity index (χ4v) is 3.55. The molecule has 0 spiro atoms. The van der Waals surface area contributed by atoms with Crippen LogP contribution in [0.5, 0.6) is 0 Å². The molecule has 2 heterocycles. The van der Waals surface area contributed by atoms with Crippen LogP contribution in [-0.4, -0.2) is 19.8 Å². The zero-order valence-electron chi connectivity index (χ0n) is 14.5. The molecule has 134 valence electrons. The van der Waals surface area contributed by atoms with E-state index in [9.17, 15) is 9.59 Å². The van der Waals surface area contributed by atoms with E-state index in [1.54, 1.807) is 12.1 Å². The van der Waals surface area contributed by atoms with Crippen molar-refractivity contribution in [2.75, 3.05) is 5.32 Å². The van der Waals surface area contributed by atoms with Crippen LogP contribution in [0.25, 0.3) is 21.5 Å². The lowest BCUT2D eigenvalue weighted by Gasteiger charge is -2.07. The third-order valence-electron chi connectivity index (χ3n) is 4.15. The monoisotopic (exact) mass is 376 g/mol. The Balaban J connectivity index is 1.62. The molecule has 4 aromatic rings. The molecule has 6 nitrogen and oxygen atoms in total. The van der Waals surface area contributed by atoms with E-state index in [2.05, 4.69) is 14.7 Å². The number of nitrogens with one attached hydrogen (secondary N) is 1. The van der Waals surface area contributed by atoms with Crippen LogP contribution in [-0.2, 0) is 11.3 Å². The van der Waals surface area contributed by atoms with Crippen LogP contribution in [0.3, 0.4) is 0 Å². The fraction of sp³-hybridized carbons (Fsp3) is 0.100. The Hall–Kier alpha value is -3.32. The molecule has 0 radical (unpaired) electrons. The molecule has 0 atom stereocenters. The van der Waals surface area contributed by atoms with Gasteiger partial charge in [0.25, 0.3) is 5.56 Å². The Morgan fingerprint density at radius 1 is 1.11 bits per heavy atom. The van der Waals surface area contributed by atoms with Gasteiger partial charge in [0.05, 0.1) is 6.33 Å². The van der Waals surface area contributed by atoms with E-state index in [4.69, 9.17) is 0 Å². The van der Waals surface area contributed by atoms with Gasteiger partial charge in [0, 0.05) is 11.3 Å². The van der Waals surface area contributed by atoms with Gasteiger partial charge in [-0.3, -0.25) is 14.2 Å². The SMILES string of the molecule is Cc1ccc(-c2nsc3c(=O)n(CC(=O)Nc4ccccc4)cnc23)cc1. The summed E-state index contributed by atoms with van der Waals surface area (Å²) in [5.74, 6) is -0.285. The Labute approximate surface area is 159 Å². The van der Waals surface area contributed by atoms with Crippen molar-refractivity contribution >= 4 is 33.3 Å². The molecule has 0 unspecified atom stereocenters. The van der Waals surface area contributed by atoms with Gasteiger partial charge in [-0.05, 0) is 30.6 Å². The molecule has 1 N–H and O–H groups in total. The van der Waals surface area contributed by atoms with E-state index in [-0.39, 0.29) is 18.0 Å². The van der Waals surface area contributed by atoms with Crippen LogP contribution in [0.2, 0.25) is 0 Å². The van der Waals surface area contributed by atoms with Crippen LogP contribution in [0.15, 0.2) is 65.7 Å². The molecule has 0 aliphatic carbocycles. The van der Waals surface area contributed by atoms with Crippen molar-refractivity contribution in [3.05, 3.63) is 76.8 Å². The lowest BCUT2D eigenvalue weighted by Crippen LogP contribution is -2.27. The minimum atomic E-state index is -0.285. The molecule has 0 saturated heterocycles. The first kappa shape index (κ1) is 17.1. The van der Waals surface area contributed by atoms with E-state index in [1.165, 1.54) is 10.9 Å². The van der Waals surface area contributed by atoms with Gasteiger partial charge in [-0.25, -0.2) is 4.98 Å². The Bertz CT molecular complexity index is 1160. The molecule has 2 aromatic carbocycles. The van der Waals surface area contributed by atoms with Crippen molar-refractivity contribution in [3.8, 4) is 11.3 Å². The third kappa shape index (κ3) is 3.50. The van der Waals surface area contributed by atoms with Gasteiger partial charge >= 0.3 is 0 Å². The zero-order valence-corrected chi connectivity index (χ0v) is 15.4. The molecule has 4 rings (SSSR count). The molecule has 0 bridgehead atoms. The van der Waals surface area contributed by atoms with Crippen molar-refractivity contribution in [2.24, 2.45) is 0 Å². The molecule has 0 fully saturated rings. The maximum atomic E-state index is 12.7. The second-order valence-electron chi connectivity index (χ2n) is 6.17. The number of para-hydroxylation sites is 1. The predicted molar refractivity (Wildman–Crippen MR) is 107 cm³/mol. The predicted octanol–water partition coefficient (Wildman–Crippen LogP) is 3.47. The number of rotatable bonds is 4. The summed E-state index contributed by atoms with van der Waals surface area (Å²) in [5, 5.41) is 2.76. The topological polar surface area (TPSA) is 76.9 Å². The Kier molecular flexibility index (Phi) is 4.52. The number of hydrogen-bond donors (Lipinski definition) is 1. The summed E-state index contributed by atoms with van der Waals surface area (Å²) in [6, 6.07) is 17.0. The first-order valence-electron chi connectivity index (χ1n) is 8.38. The Morgan fingerprint density at radius 3 is 2.59 bits per heavy atom. The van der Waals surface area contributed by atoms with Gasteiger partial charge in [0.15, 0.2) is 0 Å². The van der Waals surface area contributed by atoms with E-state index in [0.717, 1.165) is 22.7 Å². The van der Waals surface area contributed by atoms with Crippen molar-refractivity contribution in [1.82, 2.24) is 13.9 Å². The molecule has 0 saturated carbocycles. The average molecular weight is 376 g/mol. The molecular weight excluding hydrogens is 360 g/mol. The number of anilines is 1. The largest absolute Gasteiger partial charge is 0.325 e. The first-order chi connectivity index (χ1) is 13.1. The normalized spacial score (nSPS) is 10.9. The van der Waals surface area contributed by atoms with E-state index in [1.807, 2.05) is 49.4 Å². The van der Waals surface area contributed by atoms with Gasteiger partial charge in [0.1, 0.15) is 22.5 Å². The standard InChI is InChI=1S/C20H16N4O2S/c1-13-7-9-14(10-8-13)17-18-19(27-23-17)20(26)24(12-21-18)11-16(25)22-15-5-3-2-4-6-15/h2-10,12H,11H2,1H3,(H,22,25). The third-order valence-corrected chi connectivity index (χ3v) is 4.97. The lowest BCUT2D eigenvalue weighted by atomic mass is 10.1. The maximum absolute atomic E-state index is 12.7. The summed E-state index contributed by atoms with van der Waals surface area (Å²) in [5.41, 5.74) is 3.74. The number of aromatic nitrogens is 3. The second kappa shape index (κ2) is 7.13. The first-order valence-corrected chi connectivity index (χ1v) is 9.16. The molecule has 7 heteroatoms. The Morgan fingerprint density at radius 2 is 1.85 bits per heavy atom. The molecular formula is C20H16N4O2S. The van der Waals surface area contributed by atoms with Gasteiger partial charge in [-0.1, -0.05) is 48.0 Å². The number of amides is 1. The number of aryl methyl sites for hydroxylation is 1. The summed E-state index contributed by atoms with van der Waals surface area (Å²) in [4.78, 5) is 29.3. The van der Waals surface area contributed by atoms with Crippen LogP contribution >= 0.6 is 11.5 Å². The number of hydrogen-bond acceptors (Lipinski definition) is 5. The van der Waals surface area contributed by atoms with E-state index < -0.39 is 0 Å². The second-order valence-corrected chi connectivity index (χ2v) is 6.94. The minimum Gasteiger partial charge on any atom is -0.325 e. The van der Waals surface area contributed by atoms with Crippen molar-refractivity contribution in [3.63, 3.8) is 0 Å². The average Bonchev–Trinajstić information content (AvgIpc) is 3.10. The van der Waals surface area contributed by atoms with Gasteiger partial charge in [-0.15, -0.1) is 0 Å². The highest BCUT2D eigenvalue weighted by atomic mass is 32.1. The van der Waals surface area contributed by atoms with Gasteiger partial charge in [0.2, 0.25) is 5.91 Å².